The highest BCUT2D eigenvalue weighted by molar-refractivity contribution is 7.99. The van der Waals surface area contributed by atoms with Gasteiger partial charge in [-0.15, -0.1) is 0 Å². The average Bonchev–Trinajstić information content (AvgIpc) is 2.31. The second-order valence-corrected chi connectivity index (χ2v) is 4.98. The van der Waals surface area contributed by atoms with Crippen LogP contribution in [0.4, 0.5) is 0 Å². The van der Waals surface area contributed by atoms with Gasteiger partial charge in [0, 0.05) is 17.8 Å². The van der Waals surface area contributed by atoms with Crippen molar-refractivity contribution >= 4 is 11.8 Å². The Morgan fingerprint density at radius 1 is 1.50 bits per heavy atom. The molecule has 2 unspecified atom stereocenters. The van der Waals surface area contributed by atoms with Gasteiger partial charge in [0.1, 0.15) is 0 Å². The van der Waals surface area contributed by atoms with Crippen LogP contribution in [0.5, 0.6) is 0 Å². The highest BCUT2D eigenvalue weighted by Crippen LogP contribution is 2.25. The molecule has 0 N–H and O–H groups in total. The summed E-state index contributed by atoms with van der Waals surface area (Å²) < 4.78 is 0. The van der Waals surface area contributed by atoms with Crippen molar-refractivity contribution in [1.82, 2.24) is 4.90 Å². The normalized spacial score (nSPS) is 30.7. The fraction of sp³-hybridized carbons (Fsp3) is 0.800. The minimum Gasteiger partial charge on any atom is -0.299 e. The van der Waals surface area contributed by atoms with Crippen LogP contribution in [0.15, 0.2) is 11.6 Å². The van der Waals surface area contributed by atoms with E-state index in [9.17, 15) is 0 Å². The van der Waals surface area contributed by atoms with E-state index in [1.807, 2.05) is 11.8 Å². The molecule has 0 aromatic heterocycles. The van der Waals surface area contributed by atoms with E-state index in [2.05, 4.69) is 38.1 Å². The maximum absolute atomic E-state index is 2.45. The van der Waals surface area contributed by atoms with Gasteiger partial charge in [0.25, 0.3) is 0 Å². The number of thioether (sulfide) groups is 1. The van der Waals surface area contributed by atoms with Crippen LogP contribution < -0.4 is 0 Å². The molecule has 2 heteroatoms. The van der Waals surface area contributed by atoms with Crippen LogP contribution in [0, 0.1) is 0 Å². The SMILES string of the molecule is CSC1CC(C=C(C)C)N(C)C1. The third-order valence-corrected chi connectivity index (χ3v) is 3.43. The molecule has 0 aromatic carbocycles. The molecule has 0 amide bonds. The van der Waals surface area contributed by atoms with E-state index in [-0.39, 0.29) is 0 Å². The average molecular weight is 185 g/mol. The quantitative estimate of drug-likeness (QED) is 0.608. The van der Waals surface area contributed by atoms with Crippen LogP contribution in [0.25, 0.3) is 0 Å². The predicted octanol–water partition coefficient (Wildman–Crippen LogP) is 2.39. The molecule has 0 radical (unpaired) electrons. The number of likely N-dealkylation sites (tertiary alicyclic amines) is 1. The van der Waals surface area contributed by atoms with E-state index in [0.717, 1.165) is 5.25 Å². The number of hydrogen-bond acceptors (Lipinski definition) is 2. The van der Waals surface area contributed by atoms with Gasteiger partial charge < -0.3 is 0 Å². The van der Waals surface area contributed by atoms with Gasteiger partial charge >= 0.3 is 0 Å². The van der Waals surface area contributed by atoms with Crippen molar-refractivity contribution < 1.29 is 0 Å². The van der Waals surface area contributed by atoms with Crippen molar-refractivity contribution in [3.63, 3.8) is 0 Å². The lowest BCUT2D eigenvalue weighted by molar-refractivity contribution is 0.356. The number of likely N-dealkylation sites (N-methyl/N-ethyl adjacent to an activating group) is 1. The van der Waals surface area contributed by atoms with Gasteiger partial charge in [-0.1, -0.05) is 11.6 Å². The standard InChI is InChI=1S/C10H19NS/c1-8(2)5-9-6-10(12-4)7-11(9)3/h5,9-10H,6-7H2,1-4H3. The summed E-state index contributed by atoms with van der Waals surface area (Å²) in [6, 6.07) is 0.687. The smallest absolute Gasteiger partial charge is 0.0289 e. The molecule has 1 rings (SSSR count). The molecular weight excluding hydrogens is 166 g/mol. The Balaban J connectivity index is 2.52. The first-order valence-corrected chi connectivity index (χ1v) is 5.80. The molecule has 0 saturated carbocycles. The predicted molar refractivity (Wildman–Crippen MR) is 57.8 cm³/mol. The van der Waals surface area contributed by atoms with Crippen LogP contribution in [0.3, 0.4) is 0 Å². The van der Waals surface area contributed by atoms with E-state index in [1.54, 1.807) is 0 Å². The Morgan fingerprint density at radius 2 is 2.17 bits per heavy atom. The number of hydrogen-bond donors (Lipinski definition) is 0. The topological polar surface area (TPSA) is 3.24 Å². The number of allylic oxidation sites excluding steroid dienone is 1. The third-order valence-electron chi connectivity index (χ3n) is 2.42. The first kappa shape index (κ1) is 10.1. The minimum atomic E-state index is 0.687. The summed E-state index contributed by atoms with van der Waals surface area (Å²) in [6.07, 6.45) is 5.92. The first-order chi connectivity index (χ1) is 5.63. The van der Waals surface area contributed by atoms with Crippen LogP contribution in [-0.4, -0.2) is 36.0 Å². The fourth-order valence-corrected chi connectivity index (χ4v) is 2.51. The van der Waals surface area contributed by atoms with Gasteiger partial charge in [-0.2, -0.15) is 11.8 Å². The monoisotopic (exact) mass is 185 g/mol. The Bertz CT molecular complexity index is 173. The Morgan fingerprint density at radius 3 is 2.58 bits per heavy atom. The van der Waals surface area contributed by atoms with Gasteiger partial charge in [-0.25, -0.2) is 0 Å². The van der Waals surface area contributed by atoms with Crippen LogP contribution in [-0.2, 0) is 0 Å². The summed E-state index contributed by atoms with van der Waals surface area (Å²) in [6.45, 7) is 5.61. The van der Waals surface area contributed by atoms with Crippen molar-refractivity contribution in [2.24, 2.45) is 0 Å². The molecule has 70 valence electrons. The molecule has 12 heavy (non-hydrogen) atoms. The zero-order valence-electron chi connectivity index (χ0n) is 8.50. The van der Waals surface area contributed by atoms with Gasteiger partial charge in [0.2, 0.25) is 0 Å². The van der Waals surface area contributed by atoms with Gasteiger partial charge in [0.05, 0.1) is 0 Å². The number of rotatable bonds is 2. The molecule has 2 atom stereocenters. The van der Waals surface area contributed by atoms with E-state index in [0.29, 0.717) is 6.04 Å². The lowest BCUT2D eigenvalue weighted by Crippen LogP contribution is -2.23. The van der Waals surface area contributed by atoms with Gasteiger partial charge in [0.15, 0.2) is 0 Å². The molecule has 0 bridgehead atoms. The van der Waals surface area contributed by atoms with Gasteiger partial charge in [-0.3, -0.25) is 4.90 Å². The summed E-state index contributed by atoms with van der Waals surface area (Å²) >= 11 is 2.00. The van der Waals surface area contributed by atoms with Crippen molar-refractivity contribution in [2.75, 3.05) is 19.8 Å². The van der Waals surface area contributed by atoms with Crippen molar-refractivity contribution in [3.05, 3.63) is 11.6 Å². The summed E-state index contributed by atoms with van der Waals surface area (Å²) in [5.74, 6) is 0. The Labute approximate surface area is 80.2 Å². The zero-order valence-corrected chi connectivity index (χ0v) is 9.32. The van der Waals surface area contributed by atoms with Crippen molar-refractivity contribution in [1.29, 1.82) is 0 Å². The second-order valence-electron chi connectivity index (χ2n) is 3.84. The lowest BCUT2D eigenvalue weighted by atomic mass is 10.1. The molecule has 1 fully saturated rings. The van der Waals surface area contributed by atoms with Crippen molar-refractivity contribution in [3.8, 4) is 0 Å². The number of nitrogens with zero attached hydrogens (tertiary/aromatic N) is 1. The second kappa shape index (κ2) is 4.33. The Hall–Kier alpha value is 0.0500. The maximum Gasteiger partial charge on any atom is 0.0289 e. The minimum absolute atomic E-state index is 0.687. The highest BCUT2D eigenvalue weighted by Gasteiger charge is 2.26. The molecule has 0 spiro atoms. The summed E-state index contributed by atoms with van der Waals surface area (Å²) in [4.78, 5) is 2.45. The van der Waals surface area contributed by atoms with Crippen molar-refractivity contribution in [2.45, 2.75) is 31.6 Å². The molecule has 0 aliphatic carbocycles. The molecule has 1 saturated heterocycles. The largest absolute Gasteiger partial charge is 0.299 e. The lowest BCUT2D eigenvalue weighted by Gasteiger charge is -2.15. The molecule has 1 heterocycles. The molecular formula is C10H19NS. The summed E-state index contributed by atoms with van der Waals surface area (Å²) in [5, 5.41) is 0.843. The maximum atomic E-state index is 2.45. The molecule has 1 aliphatic rings. The molecule has 0 aromatic rings. The van der Waals surface area contributed by atoms with E-state index in [4.69, 9.17) is 0 Å². The van der Waals surface area contributed by atoms with Crippen LogP contribution in [0.1, 0.15) is 20.3 Å². The fourth-order valence-electron chi connectivity index (χ4n) is 1.73. The molecule has 1 nitrogen and oxygen atoms in total. The zero-order chi connectivity index (χ0) is 9.14. The van der Waals surface area contributed by atoms with E-state index >= 15 is 0 Å². The first-order valence-electron chi connectivity index (χ1n) is 4.51. The van der Waals surface area contributed by atoms with Crippen LogP contribution in [0.2, 0.25) is 0 Å². The van der Waals surface area contributed by atoms with E-state index < -0.39 is 0 Å². The van der Waals surface area contributed by atoms with Crippen LogP contribution >= 0.6 is 11.8 Å². The summed E-state index contributed by atoms with van der Waals surface area (Å²) in [7, 11) is 2.22. The third kappa shape index (κ3) is 2.53. The highest BCUT2D eigenvalue weighted by atomic mass is 32.2. The summed E-state index contributed by atoms with van der Waals surface area (Å²) in [5.41, 5.74) is 1.44. The molecule has 1 aliphatic heterocycles. The Kier molecular flexibility index (Phi) is 3.66. The van der Waals surface area contributed by atoms with E-state index in [1.165, 1.54) is 18.5 Å². The van der Waals surface area contributed by atoms with Gasteiger partial charge in [-0.05, 0) is 33.6 Å².